The van der Waals surface area contributed by atoms with Crippen LogP contribution in [0.25, 0.3) is 0 Å². The third-order valence-electron chi connectivity index (χ3n) is 11.4. The SMILES string of the molecule is COc1cc(C2c3sc(=O)n(Cc4ccccc4)c3SC3C4CC(C5C(=O)N(CCCCCC(=O)O)C(=O)C45)C23)ccc1COc1ccc(Cl)cc1Cl. The summed E-state index contributed by atoms with van der Waals surface area (Å²) in [4.78, 5) is 55.3. The van der Waals surface area contributed by atoms with Crippen LogP contribution in [0, 0.1) is 29.6 Å². The van der Waals surface area contributed by atoms with Crippen LogP contribution in [0.5, 0.6) is 11.5 Å². The fourth-order valence-electron chi connectivity index (χ4n) is 9.22. The van der Waals surface area contributed by atoms with Crippen molar-refractivity contribution in [2.24, 2.45) is 29.6 Å². The molecule has 7 unspecified atom stereocenters. The number of amides is 2. The number of thiazole rings is 1. The van der Waals surface area contributed by atoms with Crippen LogP contribution in [-0.4, -0.2) is 51.3 Å². The van der Waals surface area contributed by atoms with Gasteiger partial charge in [0.15, 0.2) is 0 Å². The summed E-state index contributed by atoms with van der Waals surface area (Å²) in [5, 5.41) is 10.9. The minimum atomic E-state index is -0.842. The fraction of sp³-hybridized carbons (Fsp3) is 0.400. The van der Waals surface area contributed by atoms with Gasteiger partial charge in [0.05, 0.1) is 35.5 Å². The molecule has 53 heavy (non-hydrogen) atoms. The summed E-state index contributed by atoms with van der Waals surface area (Å²) < 4.78 is 13.9. The molecule has 9 nitrogen and oxygen atoms in total. The predicted octanol–water partition coefficient (Wildman–Crippen LogP) is 7.97. The molecule has 7 atom stereocenters. The number of halogens is 2. The molecule has 4 aliphatic rings. The number of benzene rings is 3. The maximum atomic E-state index is 14.1. The lowest BCUT2D eigenvalue weighted by Crippen LogP contribution is -2.43. The van der Waals surface area contributed by atoms with Gasteiger partial charge in [0, 0.05) is 39.6 Å². The lowest BCUT2D eigenvalue weighted by atomic mass is 9.68. The summed E-state index contributed by atoms with van der Waals surface area (Å²) in [6.45, 7) is 0.977. The molecule has 8 rings (SSSR count). The van der Waals surface area contributed by atoms with Gasteiger partial charge in [-0.2, -0.15) is 0 Å². The number of likely N-dealkylation sites (tertiary alicyclic amines) is 1. The Labute approximate surface area is 325 Å². The van der Waals surface area contributed by atoms with Gasteiger partial charge in [0.2, 0.25) is 11.8 Å². The zero-order valence-corrected chi connectivity index (χ0v) is 32.1. The first-order chi connectivity index (χ1) is 25.6. The molecule has 1 aromatic heterocycles. The number of carboxylic acids is 1. The monoisotopic (exact) mass is 792 g/mol. The average Bonchev–Trinajstić information content (AvgIpc) is 3.86. The van der Waals surface area contributed by atoms with E-state index in [1.165, 1.54) is 16.2 Å². The molecule has 1 saturated heterocycles. The number of carbonyl (C=O) groups is 3. The maximum absolute atomic E-state index is 14.1. The molecule has 0 spiro atoms. The molecular formula is C40H38Cl2N2O7S2. The Morgan fingerprint density at radius 2 is 1.70 bits per heavy atom. The summed E-state index contributed by atoms with van der Waals surface area (Å²) in [6.07, 6.45) is 2.62. The number of nitrogens with zero attached hydrogens (tertiary/aromatic N) is 2. The van der Waals surface area contributed by atoms with Gasteiger partial charge < -0.3 is 14.6 Å². The van der Waals surface area contributed by atoms with Crippen LogP contribution in [0.3, 0.4) is 0 Å². The Hall–Kier alpha value is -3.77. The molecule has 2 bridgehead atoms. The number of hydrogen-bond acceptors (Lipinski definition) is 8. The van der Waals surface area contributed by atoms with E-state index in [0.29, 0.717) is 53.9 Å². The van der Waals surface area contributed by atoms with Crippen LogP contribution in [-0.2, 0) is 27.5 Å². The van der Waals surface area contributed by atoms with Crippen LogP contribution in [0.2, 0.25) is 10.0 Å². The Balaban J connectivity index is 1.13. The molecule has 3 heterocycles. The normalized spacial score (nSPS) is 25.3. The van der Waals surface area contributed by atoms with E-state index in [1.807, 2.05) is 47.0 Å². The van der Waals surface area contributed by atoms with Crippen LogP contribution in [0.15, 0.2) is 76.6 Å². The zero-order chi connectivity index (χ0) is 37.0. The average molecular weight is 794 g/mol. The van der Waals surface area contributed by atoms with Crippen LogP contribution >= 0.6 is 46.3 Å². The third-order valence-corrected chi connectivity index (χ3v) is 14.8. The van der Waals surface area contributed by atoms with Crippen LogP contribution < -0.4 is 14.3 Å². The van der Waals surface area contributed by atoms with Crippen molar-refractivity contribution in [1.29, 1.82) is 0 Å². The first-order valence-electron chi connectivity index (χ1n) is 17.9. The summed E-state index contributed by atoms with van der Waals surface area (Å²) in [5.41, 5.74) is 2.85. The number of aliphatic carboxylic acids is 1. The first-order valence-corrected chi connectivity index (χ1v) is 20.4. The van der Waals surface area contributed by atoms with E-state index >= 15 is 0 Å². The van der Waals surface area contributed by atoms with Crippen molar-refractivity contribution in [3.63, 3.8) is 0 Å². The van der Waals surface area contributed by atoms with Crippen molar-refractivity contribution in [2.45, 2.75) is 61.4 Å². The number of thioether (sulfide) groups is 1. The standard InChI is InChI=1S/C40H38Cl2N2O7S2/c1-50-29-16-22(11-12-23(29)20-51-28-14-13-24(41)17-27(28)42)31-32-25-18-26(34-33(25)37(47)43(38(34)48)15-7-3-6-10-30(45)46)35(32)52-39-36(31)53-40(49)44(39)19-21-8-4-2-5-9-21/h2,4-5,8-9,11-14,16-17,25-26,31-35H,3,6-7,10,15,18-20H2,1H3,(H,45,46). The second-order valence-corrected chi connectivity index (χ2v) is 17.3. The predicted molar refractivity (Wildman–Crippen MR) is 204 cm³/mol. The number of methoxy groups -OCH3 is 1. The molecule has 276 valence electrons. The van der Waals surface area contributed by atoms with Crippen molar-refractivity contribution in [1.82, 2.24) is 9.47 Å². The molecule has 0 radical (unpaired) electrons. The molecule has 1 N–H and O–H groups in total. The lowest BCUT2D eigenvalue weighted by Gasteiger charge is -2.43. The van der Waals surface area contributed by atoms with Gasteiger partial charge in [-0.25, -0.2) is 0 Å². The highest BCUT2D eigenvalue weighted by molar-refractivity contribution is 8.00. The Morgan fingerprint density at radius 3 is 2.43 bits per heavy atom. The van der Waals surface area contributed by atoms with E-state index in [4.69, 9.17) is 37.8 Å². The number of hydrogen-bond donors (Lipinski definition) is 1. The number of imide groups is 1. The number of unbranched alkanes of at least 4 members (excludes halogenated alkanes) is 2. The minimum Gasteiger partial charge on any atom is -0.496 e. The van der Waals surface area contributed by atoms with Gasteiger partial charge in [0.1, 0.15) is 18.1 Å². The molecule has 13 heteroatoms. The summed E-state index contributed by atoms with van der Waals surface area (Å²) in [7, 11) is 1.62. The second-order valence-electron chi connectivity index (χ2n) is 14.3. The summed E-state index contributed by atoms with van der Waals surface area (Å²) in [6, 6.07) is 21.1. The van der Waals surface area contributed by atoms with Crippen molar-refractivity contribution in [3.8, 4) is 11.5 Å². The number of fused-ring (bicyclic) bond motifs is 9. The van der Waals surface area contributed by atoms with Gasteiger partial charge in [-0.15, -0.1) is 11.8 Å². The second kappa shape index (κ2) is 14.8. The lowest BCUT2D eigenvalue weighted by molar-refractivity contribution is -0.141. The molecule has 2 aliphatic heterocycles. The van der Waals surface area contributed by atoms with Gasteiger partial charge in [-0.05, 0) is 72.4 Å². The molecule has 3 aromatic carbocycles. The van der Waals surface area contributed by atoms with E-state index in [0.717, 1.165) is 33.0 Å². The minimum absolute atomic E-state index is 0.00276. The highest BCUT2D eigenvalue weighted by Crippen LogP contribution is 2.69. The highest BCUT2D eigenvalue weighted by Gasteiger charge is 2.69. The zero-order valence-electron chi connectivity index (χ0n) is 28.9. The fourth-order valence-corrected chi connectivity index (χ4v) is 12.8. The van der Waals surface area contributed by atoms with Crippen molar-refractivity contribution in [3.05, 3.63) is 108 Å². The smallest absolute Gasteiger partial charge is 0.308 e. The summed E-state index contributed by atoms with van der Waals surface area (Å²) in [5.74, 6) is -0.803. The number of aromatic nitrogens is 1. The van der Waals surface area contributed by atoms with Gasteiger partial charge in [-0.1, -0.05) is 83.4 Å². The topological polar surface area (TPSA) is 115 Å². The first kappa shape index (κ1) is 36.2. The van der Waals surface area contributed by atoms with Crippen molar-refractivity contribution in [2.75, 3.05) is 13.7 Å². The molecular weight excluding hydrogens is 755 g/mol. The Kier molecular flexibility index (Phi) is 10.1. The van der Waals surface area contributed by atoms with Gasteiger partial charge in [-0.3, -0.25) is 28.6 Å². The maximum Gasteiger partial charge on any atom is 0.308 e. The van der Waals surface area contributed by atoms with Crippen molar-refractivity contribution < 1.29 is 29.0 Å². The highest BCUT2D eigenvalue weighted by atomic mass is 35.5. The largest absolute Gasteiger partial charge is 0.496 e. The molecule has 4 aromatic rings. The molecule has 2 aliphatic carbocycles. The molecule has 2 amide bonds. The van der Waals surface area contributed by atoms with Crippen molar-refractivity contribution >= 4 is 64.1 Å². The summed E-state index contributed by atoms with van der Waals surface area (Å²) >= 11 is 15.4. The van der Waals surface area contributed by atoms with E-state index < -0.39 is 5.97 Å². The number of carbonyl (C=O) groups excluding carboxylic acids is 2. The molecule has 2 saturated carbocycles. The Morgan fingerprint density at radius 1 is 0.925 bits per heavy atom. The molecule has 3 fully saturated rings. The Bertz CT molecular complexity index is 2140. The van der Waals surface area contributed by atoms with Crippen LogP contribution in [0.4, 0.5) is 0 Å². The number of rotatable bonds is 13. The van der Waals surface area contributed by atoms with Crippen LogP contribution in [0.1, 0.15) is 59.6 Å². The number of carboxylic acid groups (broad SMARTS) is 1. The van der Waals surface area contributed by atoms with Gasteiger partial charge >= 0.3 is 10.8 Å². The van der Waals surface area contributed by atoms with E-state index in [-0.39, 0.29) is 70.5 Å². The van der Waals surface area contributed by atoms with E-state index in [1.54, 1.807) is 37.1 Å². The number of ether oxygens (including phenoxy) is 2. The van der Waals surface area contributed by atoms with E-state index in [9.17, 15) is 19.2 Å². The van der Waals surface area contributed by atoms with E-state index in [2.05, 4.69) is 6.07 Å². The van der Waals surface area contributed by atoms with Gasteiger partial charge in [0.25, 0.3) is 0 Å². The third kappa shape index (κ3) is 6.57. The quantitative estimate of drug-likeness (QED) is 0.107.